The van der Waals surface area contributed by atoms with Crippen LogP contribution in [0.3, 0.4) is 0 Å². The summed E-state index contributed by atoms with van der Waals surface area (Å²) in [6, 6.07) is 4.65. The zero-order chi connectivity index (χ0) is 17.1. The number of benzene rings is 1. The molecule has 2 saturated heterocycles. The Morgan fingerprint density at radius 3 is 2.62 bits per heavy atom. The van der Waals surface area contributed by atoms with Gasteiger partial charge in [-0.3, -0.25) is 0 Å². The minimum Gasteiger partial charge on any atom is -0.486 e. The number of rotatable bonds is 2. The second-order valence-electron chi connectivity index (χ2n) is 8.03. The van der Waals surface area contributed by atoms with Gasteiger partial charge in [0.15, 0.2) is 0 Å². The van der Waals surface area contributed by atoms with Gasteiger partial charge in [0, 0.05) is 41.9 Å². The van der Waals surface area contributed by atoms with Gasteiger partial charge in [0.2, 0.25) is 0 Å². The van der Waals surface area contributed by atoms with Crippen LogP contribution in [0.25, 0.3) is 0 Å². The van der Waals surface area contributed by atoms with E-state index in [0.717, 1.165) is 24.8 Å². The molecule has 5 heteroatoms. The highest BCUT2D eigenvalue weighted by Crippen LogP contribution is 2.41. The molecule has 0 spiro atoms. The number of halogens is 1. The average molecular weight is 350 g/mol. The zero-order valence-corrected chi connectivity index (χ0v) is 15.2. The molecule has 24 heavy (non-hydrogen) atoms. The van der Waals surface area contributed by atoms with Crippen LogP contribution in [0.2, 0.25) is 5.02 Å². The molecule has 2 fully saturated rings. The van der Waals surface area contributed by atoms with Crippen LogP contribution in [-0.2, 0) is 11.2 Å². The highest BCUT2D eigenvalue weighted by atomic mass is 35.5. The predicted octanol–water partition coefficient (Wildman–Crippen LogP) is 3.84. The third-order valence-corrected chi connectivity index (χ3v) is 5.89. The van der Waals surface area contributed by atoms with Gasteiger partial charge in [-0.2, -0.15) is 0 Å². The highest BCUT2D eigenvalue weighted by Gasteiger charge is 2.41. The van der Waals surface area contributed by atoms with E-state index in [1.807, 2.05) is 19.9 Å². The normalized spacial score (nSPS) is 30.8. The van der Waals surface area contributed by atoms with Crippen molar-refractivity contribution < 1.29 is 14.3 Å². The Morgan fingerprint density at radius 2 is 1.96 bits per heavy atom. The number of hydrogen-bond donors (Lipinski definition) is 0. The molecule has 0 N–H and O–H groups in total. The summed E-state index contributed by atoms with van der Waals surface area (Å²) in [4.78, 5) is 15.2. The molecule has 0 radical (unpaired) electrons. The lowest BCUT2D eigenvalue weighted by Gasteiger charge is -2.35. The van der Waals surface area contributed by atoms with E-state index in [1.165, 1.54) is 12.8 Å². The molecule has 3 heterocycles. The Kier molecular flexibility index (Phi) is 3.81. The van der Waals surface area contributed by atoms with Gasteiger partial charge in [0.05, 0.1) is 0 Å². The molecule has 4 nitrogen and oxygen atoms in total. The van der Waals surface area contributed by atoms with E-state index in [1.54, 1.807) is 6.07 Å². The van der Waals surface area contributed by atoms with Gasteiger partial charge >= 0.3 is 5.97 Å². The maximum absolute atomic E-state index is 12.8. The number of fused-ring (bicyclic) bond motifs is 3. The molecule has 0 saturated carbocycles. The summed E-state index contributed by atoms with van der Waals surface area (Å²) in [6.07, 6.45) is 5.01. The Labute approximate surface area is 148 Å². The fourth-order valence-electron chi connectivity index (χ4n) is 4.50. The first-order chi connectivity index (χ1) is 11.3. The summed E-state index contributed by atoms with van der Waals surface area (Å²) >= 11 is 6.21. The van der Waals surface area contributed by atoms with Crippen LogP contribution < -0.4 is 4.74 Å². The summed E-state index contributed by atoms with van der Waals surface area (Å²) in [5.41, 5.74) is 1.14. The molecule has 3 aliphatic rings. The van der Waals surface area contributed by atoms with Crippen molar-refractivity contribution in [1.82, 2.24) is 4.90 Å². The Hall–Kier alpha value is -1.26. The smallest absolute Gasteiger partial charge is 0.342 e. The maximum Gasteiger partial charge on any atom is 0.342 e. The van der Waals surface area contributed by atoms with Crippen LogP contribution in [0.5, 0.6) is 5.75 Å². The van der Waals surface area contributed by atoms with Crippen molar-refractivity contribution in [3.8, 4) is 5.75 Å². The van der Waals surface area contributed by atoms with Crippen LogP contribution in [0.15, 0.2) is 12.1 Å². The topological polar surface area (TPSA) is 38.8 Å². The molecule has 130 valence electrons. The van der Waals surface area contributed by atoms with Crippen molar-refractivity contribution in [2.75, 3.05) is 7.05 Å². The number of hydrogen-bond acceptors (Lipinski definition) is 4. The van der Waals surface area contributed by atoms with E-state index in [0.29, 0.717) is 28.4 Å². The molecule has 2 atom stereocenters. The first-order valence-electron chi connectivity index (χ1n) is 8.77. The number of nitrogens with zero attached hydrogens (tertiary/aromatic N) is 1. The summed E-state index contributed by atoms with van der Waals surface area (Å²) in [7, 11) is 2.18. The Bertz CT molecular complexity index is 673. The molecule has 0 amide bonds. The fraction of sp³-hybridized carbons (Fsp3) is 0.632. The standard InChI is InChI=1S/C19H24ClNO3/c1-19(2)10-11-6-12(20)7-16(17(11)24-19)18(22)23-15-8-13-4-5-14(9-15)21(13)3/h6-7,13-15H,4-5,8-10H2,1-3H3. The lowest BCUT2D eigenvalue weighted by molar-refractivity contribution is -0.000925. The number of ether oxygens (including phenoxy) is 2. The van der Waals surface area contributed by atoms with E-state index < -0.39 is 0 Å². The van der Waals surface area contributed by atoms with Crippen molar-refractivity contribution in [2.45, 2.75) is 69.7 Å². The van der Waals surface area contributed by atoms with Crippen molar-refractivity contribution in [3.05, 3.63) is 28.3 Å². The van der Waals surface area contributed by atoms with Crippen molar-refractivity contribution >= 4 is 17.6 Å². The van der Waals surface area contributed by atoms with Gasteiger partial charge in [-0.25, -0.2) is 4.79 Å². The average Bonchev–Trinajstić information content (AvgIpc) is 2.88. The van der Waals surface area contributed by atoms with Gasteiger partial charge < -0.3 is 14.4 Å². The number of piperidine rings is 1. The van der Waals surface area contributed by atoms with Crippen molar-refractivity contribution in [2.24, 2.45) is 0 Å². The quantitative estimate of drug-likeness (QED) is 0.760. The predicted molar refractivity (Wildman–Crippen MR) is 92.9 cm³/mol. The van der Waals surface area contributed by atoms with Crippen LogP contribution in [0, 0.1) is 0 Å². The van der Waals surface area contributed by atoms with Gasteiger partial charge in [-0.1, -0.05) is 11.6 Å². The largest absolute Gasteiger partial charge is 0.486 e. The molecule has 2 unspecified atom stereocenters. The van der Waals surface area contributed by atoms with Gasteiger partial charge in [0.25, 0.3) is 0 Å². The molecule has 0 aliphatic carbocycles. The molecule has 4 rings (SSSR count). The van der Waals surface area contributed by atoms with Crippen LogP contribution in [0.1, 0.15) is 55.5 Å². The van der Waals surface area contributed by atoms with Gasteiger partial charge in [-0.05, 0) is 45.9 Å². The third-order valence-electron chi connectivity index (χ3n) is 5.67. The lowest BCUT2D eigenvalue weighted by Crippen LogP contribution is -2.43. The SMILES string of the molecule is CN1C2CCC1CC(OC(=O)c1cc(Cl)cc3c1OC(C)(C)C3)C2. The van der Waals surface area contributed by atoms with Gasteiger partial charge in [-0.15, -0.1) is 0 Å². The monoisotopic (exact) mass is 349 g/mol. The van der Waals surface area contributed by atoms with Gasteiger partial charge in [0.1, 0.15) is 23.0 Å². The summed E-state index contributed by atoms with van der Waals surface area (Å²) < 4.78 is 11.8. The molecular formula is C19H24ClNO3. The molecule has 1 aromatic rings. The maximum atomic E-state index is 12.8. The van der Waals surface area contributed by atoms with Crippen LogP contribution in [-0.4, -0.2) is 41.7 Å². The molecule has 2 bridgehead atoms. The first kappa shape index (κ1) is 16.2. The molecule has 0 aromatic heterocycles. The number of carbonyl (C=O) groups is 1. The van der Waals surface area contributed by atoms with Crippen LogP contribution in [0.4, 0.5) is 0 Å². The number of carbonyl (C=O) groups excluding carboxylic acids is 1. The second-order valence-corrected chi connectivity index (χ2v) is 8.47. The summed E-state index contributed by atoms with van der Waals surface area (Å²) in [5, 5.41) is 0.561. The minimum absolute atomic E-state index is 0.00440. The summed E-state index contributed by atoms with van der Waals surface area (Å²) in [5.74, 6) is 0.339. The Morgan fingerprint density at radius 1 is 1.29 bits per heavy atom. The second kappa shape index (κ2) is 5.63. The zero-order valence-electron chi connectivity index (χ0n) is 14.5. The van der Waals surface area contributed by atoms with E-state index in [2.05, 4.69) is 11.9 Å². The third kappa shape index (κ3) is 2.80. The van der Waals surface area contributed by atoms with Crippen molar-refractivity contribution in [1.29, 1.82) is 0 Å². The Balaban J connectivity index is 1.54. The lowest BCUT2D eigenvalue weighted by atomic mass is 9.99. The van der Waals surface area contributed by atoms with E-state index >= 15 is 0 Å². The van der Waals surface area contributed by atoms with E-state index in [-0.39, 0.29) is 17.7 Å². The molecule has 3 aliphatic heterocycles. The van der Waals surface area contributed by atoms with E-state index in [9.17, 15) is 4.79 Å². The molecule has 1 aromatic carbocycles. The molecular weight excluding hydrogens is 326 g/mol. The fourth-order valence-corrected chi connectivity index (χ4v) is 4.74. The highest BCUT2D eigenvalue weighted by molar-refractivity contribution is 6.31. The van der Waals surface area contributed by atoms with Crippen molar-refractivity contribution in [3.63, 3.8) is 0 Å². The van der Waals surface area contributed by atoms with Crippen LogP contribution >= 0.6 is 11.6 Å². The minimum atomic E-state index is -0.311. The first-order valence-corrected chi connectivity index (χ1v) is 9.14. The number of esters is 1. The summed E-state index contributed by atoms with van der Waals surface area (Å²) in [6.45, 7) is 4.04. The van der Waals surface area contributed by atoms with E-state index in [4.69, 9.17) is 21.1 Å².